The van der Waals surface area contributed by atoms with Crippen molar-refractivity contribution in [2.24, 2.45) is 0 Å². The number of ketones is 1. The number of carbonyl (C=O) groups is 4. The number of benzene rings is 4. The number of rotatable bonds is 5. The van der Waals surface area contributed by atoms with Crippen LogP contribution in [0.15, 0.2) is 84.9 Å². The first-order chi connectivity index (χ1) is 16.4. The molecule has 0 spiro atoms. The molecular weight excluding hydrogens is 437 g/mol. The summed E-state index contributed by atoms with van der Waals surface area (Å²) in [7, 11) is 0. The van der Waals surface area contributed by atoms with Crippen LogP contribution < -0.4 is 4.90 Å². The molecule has 0 radical (unpaired) electrons. The summed E-state index contributed by atoms with van der Waals surface area (Å²) in [6.07, 6.45) is 0. The Morgan fingerprint density at radius 3 is 1.88 bits per heavy atom. The van der Waals surface area contributed by atoms with Crippen LogP contribution in [0.5, 0.6) is 0 Å². The molecule has 0 unspecified atom stereocenters. The first-order valence-electron chi connectivity index (χ1n) is 10.4. The molecule has 4 aromatic carbocycles. The van der Waals surface area contributed by atoms with Crippen LogP contribution in [0.2, 0.25) is 0 Å². The minimum Gasteiger partial charge on any atom is -0.454 e. The minimum absolute atomic E-state index is 0.148. The normalized spacial score (nSPS) is 12.7. The fourth-order valence-corrected chi connectivity index (χ4v) is 3.95. The van der Waals surface area contributed by atoms with Crippen molar-refractivity contribution in [3.63, 3.8) is 0 Å². The Morgan fingerprint density at radius 2 is 1.29 bits per heavy atom. The molecule has 6 nitrogen and oxygen atoms in total. The van der Waals surface area contributed by atoms with Crippen LogP contribution in [0.3, 0.4) is 0 Å². The van der Waals surface area contributed by atoms with Gasteiger partial charge in [0, 0.05) is 22.1 Å². The minimum atomic E-state index is -0.742. The third-order valence-electron chi connectivity index (χ3n) is 5.63. The summed E-state index contributed by atoms with van der Waals surface area (Å²) in [6, 6.07) is 21.3. The van der Waals surface area contributed by atoms with Crippen LogP contribution in [0.25, 0.3) is 10.8 Å². The highest BCUT2D eigenvalue weighted by atomic mass is 19.1. The average molecular weight is 453 g/mol. The summed E-state index contributed by atoms with van der Waals surface area (Å²) >= 11 is 0. The quantitative estimate of drug-likeness (QED) is 0.246. The molecule has 0 atom stereocenters. The van der Waals surface area contributed by atoms with Gasteiger partial charge in [-0.1, -0.05) is 24.3 Å². The molecule has 2 amide bonds. The maximum absolute atomic E-state index is 13.1. The molecule has 0 bridgehead atoms. The van der Waals surface area contributed by atoms with E-state index in [4.69, 9.17) is 4.74 Å². The van der Waals surface area contributed by atoms with Gasteiger partial charge < -0.3 is 4.74 Å². The van der Waals surface area contributed by atoms with E-state index in [0.717, 1.165) is 22.4 Å². The third-order valence-corrected chi connectivity index (χ3v) is 5.63. The van der Waals surface area contributed by atoms with Crippen molar-refractivity contribution < 1.29 is 28.3 Å². The second-order valence-corrected chi connectivity index (χ2v) is 7.71. The lowest BCUT2D eigenvalue weighted by molar-refractivity contribution is 0.0474. The van der Waals surface area contributed by atoms with Gasteiger partial charge in [-0.15, -0.1) is 0 Å². The van der Waals surface area contributed by atoms with Gasteiger partial charge >= 0.3 is 5.97 Å². The predicted octanol–water partition coefficient (Wildman–Crippen LogP) is 4.82. The fourth-order valence-electron chi connectivity index (χ4n) is 3.95. The summed E-state index contributed by atoms with van der Waals surface area (Å²) in [5.41, 5.74) is 1.53. The van der Waals surface area contributed by atoms with Gasteiger partial charge in [0.05, 0.1) is 11.3 Å². The van der Waals surface area contributed by atoms with Crippen LogP contribution in [-0.2, 0) is 4.74 Å². The van der Waals surface area contributed by atoms with E-state index in [1.165, 1.54) is 36.4 Å². The highest BCUT2D eigenvalue weighted by Crippen LogP contribution is 2.32. The smallest absolute Gasteiger partial charge is 0.338 e. The van der Waals surface area contributed by atoms with E-state index in [9.17, 15) is 23.6 Å². The third kappa shape index (κ3) is 3.63. The topological polar surface area (TPSA) is 80.8 Å². The summed E-state index contributed by atoms with van der Waals surface area (Å²) in [5.74, 6) is -2.58. The van der Waals surface area contributed by atoms with E-state index >= 15 is 0 Å². The molecule has 0 fully saturated rings. The number of anilines is 1. The Kier molecular flexibility index (Phi) is 5.22. The lowest BCUT2D eigenvalue weighted by Gasteiger charge is -2.27. The van der Waals surface area contributed by atoms with Gasteiger partial charge in [-0.05, 0) is 66.0 Å². The molecule has 0 saturated carbocycles. The summed E-state index contributed by atoms with van der Waals surface area (Å²) in [6.45, 7) is -0.504. The highest BCUT2D eigenvalue weighted by Gasteiger charge is 2.33. The molecule has 1 aliphatic heterocycles. The zero-order valence-corrected chi connectivity index (χ0v) is 17.7. The Morgan fingerprint density at radius 1 is 0.735 bits per heavy atom. The van der Waals surface area contributed by atoms with Crippen LogP contribution in [0.1, 0.15) is 41.4 Å². The van der Waals surface area contributed by atoms with E-state index in [2.05, 4.69) is 0 Å². The van der Waals surface area contributed by atoms with E-state index < -0.39 is 36.0 Å². The number of hydrogen-bond acceptors (Lipinski definition) is 5. The predicted molar refractivity (Wildman–Crippen MR) is 123 cm³/mol. The molecule has 166 valence electrons. The van der Waals surface area contributed by atoms with Crippen molar-refractivity contribution in [1.29, 1.82) is 0 Å². The van der Waals surface area contributed by atoms with Gasteiger partial charge in [0.15, 0.2) is 12.4 Å². The average Bonchev–Trinajstić information content (AvgIpc) is 2.86. The maximum atomic E-state index is 13.1. The number of Topliss-reactive ketones (excluding diaryl/α,β-unsaturated/α-hetero) is 1. The fraction of sp³-hybridized carbons (Fsp3) is 0.0370. The van der Waals surface area contributed by atoms with Crippen molar-refractivity contribution in [1.82, 2.24) is 0 Å². The van der Waals surface area contributed by atoms with Crippen LogP contribution in [0.4, 0.5) is 10.1 Å². The van der Waals surface area contributed by atoms with E-state index in [0.29, 0.717) is 22.2 Å². The van der Waals surface area contributed by atoms with Gasteiger partial charge in [-0.2, -0.15) is 0 Å². The molecule has 0 aromatic heterocycles. The monoisotopic (exact) mass is 453 g/mol. The maximum Gasteiger partial charge on any atom is 0.338 e. The van der Waals surface area contributed by atoms with Gasteiger partial charge in [-0.25, -0.2) is 14.1 Å². The number of hydrogen-bond donors (Lipinski definition) is 0. The van der Waals surface area contributed by atoms with Crippen molar-refractivity contribution in [2.75, 3.05) is 11.5 Å². The Bertz CT molecular complexity index is 1420. The molecule has 0 N–H and O–H groups in total. The number of esters is 1. The van der Waals surface area contributed by atoms with Crippen LogP contribution >= 0.6 is 0 Å². The molecule has 1 aliphatic rings. The van der Waals surface area contributed by atoms with Gasteiger partial charge in [0.2, 0.25) is 0 Å². The van der Waals surface area contributed by atoms with Crippen molar-refractivity contribution in [3.8, 4) is 0 Å². The van der Waals surface area contributed by atoms with Crippen LogP contribution in [0, 0.1) is 5.82 Å². The van der Waals surface area contributed by atoms with Crippen molar-refractivity contribution in [2.45, 2.75) is 0 Å². The van der Waals surface area contributed by atoms with E-state index in [-0.39, 0.29) is 11.1 Å². The number of imide groups is 1. The zero-order chi connectivity index (χ0) is 23.8. The number of halogens is 1. The number of carbonyl (C=O) groups excluding carboxylic acids is 4. The number of amides is 2. The highest BCUT2D eigenvalue weighted by molar-refractivity contribution is 6.35. The molecule has 1 heterocycles. The SMILES string of the molecule is O=C(COC(=O)c1ccc(N2C(=O)c3cccc4cccc(c34)C2=O)cc1)c1ccc(F)cc1. The molecule has 0 aliphatic carbocycles. The Hall–Kier alpha value is -4.65. The van der Waals surface area contributed by atoms with Gasteiger partial charge in [0.1, 0.15) is 5.82 Å². The molecule has 34 heavy (non-hydrogen) atoms. The molecular formula is C27H16FNO5. The number of ether oxygens (including phenoxy) is 1. The molecule has 0 saturated heterocycles. The summed E-state index contributed by atoms with van der Waals surface area (Å²) in [4.78, 5) is 51.8. The van der Waals surface area contributed by atoms with Crippen molar-refractivity contribution >= 4 is 40.0 Å². The molecule has 5 rings (SSSR count). The number of nitrogens with zero attached hydrogens (tertiary/aromatic N) is 1. The first-order valence-corrected chi connectivity index (χ1v) is 10.4. The summed E-state index contributed by atoms with van der Waals surface area (Å²) in [5, 5.41) is 1.44. The standard InChI is InChI=1S/C27H16FNO5/c28-19-11-7-16(8-12-19)23(30)15-34-27(33)18-9-13-20(14-10-18)29-25(31)21-5-1-3-17-4-2-6-22(24(17)21)26(29)32/h1-14H,15H2. The largest absolute Gasteiger partial charge is 0.454 e. The lowest BCUT2D eigenvalue weighted by Crippen LogP contribution is -2.40. The molecule has 4 aromatic rings. The first kappa shape index (κ1) is 21.2. The second kappa shape index (κ2) is 8.37. The Balaban J connectivity index is 1.33. The second-order valence-electron chi connectivity index (χ2n) is 7.71. The Labute approximate surface area is 193 Å². The van der Waals surface area contributed by atoms with Gasteiger partial charge in [0.25, 0.3) is 11.8 Å². The van der Waals surface area contributed by atoms with E-state index in [1.54, 1.807) is 24.3 Å². The van der Waals surface area contributed by atoms with Crippen LogP contribution in [-0.4, -0.2) is 30.2 Å². The van der Waals surface area contributed by atoms with E-state index in [1.807, 2.05) is 12.1 Å². The van der Waals surface area contributed by atoms with Crippen molar-refractivity contribution in [3.05, 3.63) is 113 Å². The summed E-state index contributed by atoms with van der Waals surface area (Å²) < 4.78 is 18.0. The molecule has 7 heteroatoms. The zero-order valence-electron chi connectivity index (χ0n) is 17.7. The van der Waals surface area contributed by atoms with Gasteiger partial charge in [-0.3, -0.25) is 14.4 Å². The lowest BCUT2D eigenvalue weighted by atomic mass is 9.94.